The second kappa shape index (κ2) is 2.87. The molecule has 0 spiro atoms. The molecule has 0 heterocycles. The van der Waals surface area contributed by atoms with E-state index < -0.39 is 0 Å². The standard InChI is InChI=1S/C10H12O2/c11-9-5-6-10(12)8-4-2-1-3-7(8)9/h1,3-4,7,9,11H,2,5-6H2. The quantitative estimate of drug-likeness (QED) is 0.546. The van der Waals surface area contributed by atoms with E-state index in [4.69, 9.17) is 0 Å². The molecule has 0 bridgehead atoms. The zero-order chi connectivity index (χ0) is 8.55. The molecule has 2 aliphatic carbocycles. The van der Waals surface area contributed by atoms with E-state index in [9.17, 15) is 9.90 Å². The van der Waals surface area contributed by atoms with Gasteiger partial charge in [-0.2, -0.15) is 0 Å². The van der Waals surface area contributed by atoms with Gasteiger partial charge in [-0.05, 0) is 12.8 Å². The van der Waals surface area contributed by atoms with Crippen molar-refractivity contribution in [3.63, 3.8) is 0 Å². The van der Waals surface area contributed by atoms with Gasteiger partial charge in [-0.25, -0.2) is 0 Å². The number of ketones is 1. The van der Waals surface area contributed by atoms with Crippen LogP contribution in [0.25, 0.3) is 0 Å². The molecule has 0 saturated heterocycles. The van der Waals surface area contributed by atoms with E-state index in [2.05, 4.69) is 0 Å². The number of hydrogen-bond donors (Lipinski definition) is 1. The molecule has 0 aliphatic heterocycles. The lowest BCUT2D eigenvalue weighted by molar-refractivity contribution is -0.118. The first-order valence-corrected chi connectivity index (χ1v) is 4.37. The average Bonchev–Trinajstić information content (AvgIpc) is 2.12. The van der Waals surface area contributed by atoms with Crippen molar-refractivity contribution < 1.29 is 9.90 Å². The number of carbonyl (C=O) groups excluding carboxylic acids is 1. The highest BCUT2D eigenvalue weighted by molar-refractivity contribution is 5.97. The lowest BCUT2D eigenvalue weighted by Gasteiger charge is -2.28. The van der Waals surface area contributed by atoms with Gasteiger partial charge in [0.2, 0.25) is 0 Å². The van der Waals surface area contributed by atoms with Crippen molar-refractivity contribution in [3.05, 3.63) is 23.8 Å². The van der Waals surface area contributed by atoms with Gasteiger partial charge in [0.25, 0.3) is 0 Å². The summed E-state index contributed by atoms with van der Waals surface area (Å²) in [6.07, 6.45) is 7.53. The van der Waals surface area contributed by atoms with Crippen LogP contribution in [-0.2, 0) is 4.79 Å². The molecule has 2 heteroatoms. The van der Waals surface area contributed by atoms with E-state index in [-0.39, 0.29) is 17.8 Å². The van der Waals surface area contributed by atoms with E-state index in [1.165, 1.54) is 0 Å². The number of allylic oxidation sites excluding steroid dienone is 2. The highest BCUT2D eigenvalue weighted by atomic mass is 16.3. The van der Waals surface area contributed by atoms with Crippen LogP contribution in [0.1, 0.15) is 19.3 Å². The van der Waals surface area contributed by atoms with Crippen LogP contribution in [0.5, 0.6) is 0 Å². The van der Waals surface area contributed by atoms with Gasteiger partial charge in [-0.15, -0.1) is 0 Å². The van der Waals surface area contributed by atoms with Crippen molar-refractivity contribution >= 4 is 5.78 Å². The largest absolute Gasteiger partial charge is 0.392 e. The molecule has 1 fully saturated rings. The third-order valence-corrected chi connectivity index (χ3v) is 2.58. The van der Waals surface area contributed by atoms with Gasteiger partial charge < -0.3 is 5.11 Å². The van der Waals surface area contributed by atoms with Crippen LogP contribution in [0.3, 0.4) is 0 Å². The van der Waals surface area contributed by atoms with E-state index >= 15 is 0 Å². The first kappa shape index (κ1) is 7.74. The van der Waals surface area contributed by atoms with Crippen molar-refractivity contribution in [1.29, 1.82) is 0 Å². The normalized spacial score (nSPS) is 34.4. The van der Waals surface area contributed by atoms with Gasteiger partial charge in [-0.3, -0.25) is 4.79 Å². The summed E-state index contributed by atoms with van der Waals surface area (Å²) in [7, 11) is 0. The summed E-state index contributed by atoms with van der Waals surface area (Å²) in [6.45, 7) is 0. The number of fused-ring (bicyclic) bond motifs is 1. The second-order valence-corrected chi connectivity index (χ2v) is 3.38. The maximum atomic E-state index is 11.4. The molecule has 2 atom stereocenters. The second-order valence-electron chi connectivity index (χ2n) is 3.38. The molecule has 12 heavy (non-hydrogen) atoms. The molecule has 1 saturated carbocycles. The molecule has 2 rings (SSSR count). The van der Waals surface area contributed by atoms with Crippen molar-refractivity contribution in [1.82, 2.24) is 0 Å². The fraction of sp³-hybridized carbons (Fsp3) is 0.500. The van der Waals surface area contributed by atoms with Crippen LogP contribution in [0.15, 0.2) is 23.8 Å². The number of aliphatic hydroxyl groups excluding tert-OH is 1. The lowest BCUT2D eigenvalue weighted by Crippen LogP contribution is -2.31. The molecule has 1 N–H and O–H groups in total. The first-order valence-electron chi connectivity index (χ1n) is 4.37. The third kappa shape index (κ3) is 1.12. The number of carbonyl (C=O) groups is 1. The van der Waals surface area contributed by atoms with Crippen molar-refractivity contribution in [2.45, 2.75) is 25.4 Å². The van der Waals surface area contributed by atoms with Gasteiger partial charge in [0, 0.05) is 17.9 Å². The molecule has 0 aromatic rings. The molecular weight excluding hydrogens is 152 g/mol. The minimum atomic E-state index is -0.342. The van der Waals surface area contributed by atoms with Crippen LogP contribution in [0, 0.1) is 5.92 Å². The monoisotopic (exact) mass is 164 g/mol. The zero-order valence-electron chi connectivity index (χ0n) is 6.86. The average molecular weight is 164 g/mol. The Labute approximate surface area is 71.6 Å². The molecule has 0 aromatic carbocycles. The fourth-order valence-electron chi connectivity index (χ4n) is 1.90. The minimum absolute atomic E-state index is 0.0139. The number of hydrogen-bond acceptors (Lipinski definition) is 2. The number of aliphatic hydroxyl groups is 1. The van der Waals surface area contributed by atoms with Gasteiger partial charge >= 0.3 is 0 Å². The molecule has 2 aliphatic rings. The van der Waals surface area contributed by atoms with Gasteiger partial charge in [0.15, 0.2) is 5.78 Å². The Morgan fingerprint density at radius 1 is 1.50 bits per heavy atom. The molecule has 0 amide bonds. The highest BCUT2D eigenvalue weighted by Gasteiger charge is 2.31. The summed E-state index contributed by atoms with van der Waals surface area (Å²) >= 11 is 0. The third-order valence-electron chi connectivity index (χ3n) is 2.58. The van der Waals surface area contributed by atoms with Gasteiger partial charge in [0.1, 0.15) is 0 Å². The Kier molecular flexibility index (Phi) is 1.85. The van der Waals surface area contributed by atoms with Crippen LogP contribution in [0.2, 0.25) is 0 Å². The Bertz CT molecular complexity index is 263. The predicted molar refractivity (Wildman–Crippen MR) is 45.6 cm³/mol. The smallest absolute Gasteiger partial charge is 0.159 e. The highest BCUT2D eigenvalue weighted by Crippen LogP contribution is 2.30. The Morgan fingerprint density at radius 3 is 3.08 bits per heavy atom. The zero-order valence-corrected chi connectivity index (χ0v) is 6.86. The summed E-state index contributed by atoms with van der Waals surface area (Å²) in [4.78, 5) is 11.4. The van der Waals surface area contributed by atoms with Crippen LogP contribution < -0.4 is 0 Å². The molecule has 2 nitrogen and oxygen atoms in total. The van der Waals surface area contributed by atoms with Crippen molar-refractivity contribution in [2.75, 3.05) is 0 Å². The fourth-order valence-corrected chi connectivity index (χ4v) is 1.90. The van der Waals surface area contributed by atoms with Crippen molar-refractivity contribution in [3.8, 4) is 0 Å². The van der Waals surface area contributed by atoms with E-state index in [0.717, 1.165) is 12.0 Å². The maximum Gasteiger partial charge on any atom is 0.159 e. The van der Waals surface area contributed by atoms with E-state index in [1.54, 1.807) is 0 Å². The Morgan fingerprint density at radius 2 is 2.33 bits per heavy atom. The molecule has 64 valence electrons. The van der Waals surface area contributed by atoms with Crippen LogP contribution >= 0.6 is 0 Å². The van der Waals surface area contributed by atoms with Crippen LogP contribution in [0.4, 0.5) is 0 Å². The van der Waals surface area contributed by atoms with Crippen molar-refractivity contribution in [2.24, 2.45) is 5.92 Å². The Balaban J connectivity index is 2.28. The summed E-state index contributed by atoms with van der Waals surface area (Å²) in [5.74, 6) is 0.203. The minimum Gasteiger partial charge on any atom is -0.392 e. The maximum absolute atomic E-state index is 11.4. The number of rotatable bonds is 0. The summed E-state index contributed by atoms with van der Waals surface area (Å²) in [5.41, 5.74) is 0.830. The summed E-state index contributed by atoms with van der Waals surface area (Å²) in [5, 5.41) is 9.58. The SMILES string of the molecule is O=C1CCC(O)C2C=CCC=C12. The number of Topliss-reactive ketones (excluding diaryl/α,β-unsaturated/α-hetero) is 1. The van der Waals surface area contributed by atoms with E-state index in [1.807, 2.05) is 18.2 Å². The summed E-state index contributed by atoms with van der Waals surface area (Å²) < 4.78 is 0. The Hall–Kier alpha value is -0.890. The summed E-state index contributed by atoms with van der Waals surface area (Å²) in [6, 6.07) is 0. The topological polar surface area (TPSA) is 37.3 Å². The molecular formula is C10H12O2. The molecule has 0 radical (unpaired) electrons. The van der Waals surface area contributed by atoms with E-state index in [0.29, 0.717) is 12.8 Å². The first-order chi connectivity index (χ1) is 5.79. The lowest BCUT2D eigenvalue weighted by atomic mass is 9.78. The van der Waals surface area contributed by atoms with Gasteiger partial charge in [-0.1, -0.05) is 18.2 Å². The molecule has 2 unspecified atom stereocenters. The van der Waals surface area contributed by atoms with Gasteiger partial charge in [0.05, 0.1) is 6.10 Å². The predicted octanol–water partition coefficient (Wildman–Crippen LogP) is 1.21. The van der Waals surface area contributed by atoms with Crippen LogP contribution in [-0.4, -0.2) is 17.0 Å². The molecule has 0 aromatic heterocycles.